The fourth-order valence-corrected chi connectivity index (χ4v) is 1.44. The number of hydrogen-bond acceptors (Lipinski definition) is 2. The fraction of sp³-hybridized carbons (Fsp3) is 0.462. The van der Waals surface area contributed by atoms with E-state index in [-0.39, 0.29) is 12.5 Å². The first kappa shape index (κ1) is 12.7. The number of carbonyl (C=O) groups is 1. The molecular formula is C13H19NO2. The van der Waals surface area contributed by atoms with Crippen molar-refractivity contribution in [1.29, 1.82) is 0 Å². The summed E-state index contributed by atoms with van der Waals surface area (Å²) < 4.78 is 5.02. The van der Waals surface area contributed by atoms with Crippen molar-refractivity contribution in [2.24, 2.45) is 0 Å². The number of benzene rings is 1. The number of rotatable bonds is 6. The van der Waals surface area contributed by atoms with E-state index in [4.69, 9.17) is 4.74 Å². The van der Waals surface area contributed by atoms with E-state index in [2.05, 4.69) is 12.2 Å². The normalized spacial score (nSPS) is 10.1. The third-order valence-corrected chi connectivity index (χ3v) is 2.21. The second-order valence-corrected chi connectivity index (χ2v) is 3.63. The molecule has 0 aliphatic carbocycles. The van der Waals surface area contributed by atoms with Crippen LogP contribution >= 0.6 is 0 Å². The fourth-order valence-electron chi connectivity index (χ4n) is 1.44. The van der Waals surface area contributed by atoms with Gasteiger partial charge in [-0.25, -0.2) is 0 Å². The highest BCUT2D eigenvalue weighted by molar-refractivity contribution is 5.91. The molecule has 0 saturated heterocycles. The molecule has 0 spiro atoms. The molecule has 0 aromatic heterocycles. The molecule has 0 fully saturated rings. The SMILES string of the molecule is CCCc1ccc(NC(=O)COCC)cc1. The summed E-state index contributed by atoms with van der Waals surface area (Å²) in [7, 11) is 0. The van der Waals surface area contributed by atoms with E-state index in [1.807, 2.05) is 31.2 Å². The highest BCUT2D eigenvalue weighted by Gasteiger charge is 2.01. The van der Waals surface area contributed by atoms with Gasteiger partial charge in [-0.3, -0.25) is 4.79 Å². The Bertz CT molecular complexity index is 319. The lowest BCUT2D eigenvalue weighted by Crippen LogP contribution is -2.18. The van der Waals surface area contributed by atoms with E-state index < -0.39 is 0 Å². The zero-order valence-corrected chi connectivity index (χ0v) is 9.95. The van der Waals surface area contributed by atoms with E-state index in [1.54, 1.807) is 0 Å². The molecule has 0 heterocycles. The zero-order chi connectivity index (χ0) is 11.8. The van der Waals surface area contributed by atoms with Crippen molar-refractivity contribution in [3.63, 3.8) is 0 Å². The first-order chi connectivity index (χ1) is 7.76. The summed E-state index contributed by atoms with van der Waals surface area (Å²) >= 11 is 0. The molecule has 0 unspecified atom stereocenters. The second kappa shape index (κ2) is 7.01. The smallest absolute Gasteiger partial charge is 0.250 e. The average molecular weight is 221 g/mol. The molecule has 0 bridgehead atoms. The molecule has 1 rings (SSSR count). The van der Waals surface area contributed by atoms with Gasteiger partial charge in [0.1, 0.15) is 6.61 Å². The van der Waals surface area contributed by atoms with Crippen LogP contribution in [-0.2, 0) is 16.0 Å². The molecular weight excluding hydrogens is 202 g/mol. The minimum absolute atomic E-state index is 0.106. The first-order valence-corrected chi connectivity index (χ1v) is 5.72. The van der Waals surface area contributed by atoms with Crippen LogP contribution < -0.4 is 5.32 Å². The maximum Gasteiger partial charge on any atom is 0.250 e. The van der Waals surface area contributed by atoms with Crippen molar-refractivity contribution < 1.29 is 9.53 Å². The van der Waals surface area contributed by atoms with Crippen LogP contribution in [0.4, 0.5) is 5.69 Å². The summed E-state index contributed by atoms with van der Waals surface area (Å²) in [5.41, 5.74) is 2.12. The molecule has 1 N–H and O–H groups in total. The van der Waals surface area contributed by atoms with E-state index >= 15 is 0 Å². The molecule has 1 amide bonds. The number of hydrogen-bond donors (Lipinski definition) is 1. The lowest BCUT2D eigenvalue weighted by molar-refractivity contribution is -0.120. The summed E-state index contributed by atoms with van der Waals surface area (Å²) in [6.45, 7) is 4.70. The van der Waals surface area contributed by atoms with E-state index in [0.717, 1.165) is 18.5 Å². The Labute approximate surface area is 96.8 Å². The predicted octanol–water partition coefficient (Wildman–Crippen LogP) is 2.61. The van der Waals surface area contributed by atoms with Gasteiger partial charge < -0.3 is 10.1 Å². The number of ether oxygens (including phenoxy) is 1. The molecule has 0 saturated carbocycles. The monoisotopic (exact) mass is 221 g/mol. The molecule has 0 radical (unpaired) electrons. The van der Waals surface area contributed by atoms with Crippen LogP contribution in [0.5, 0.6) is 0 Å². The molecule has 16 heavy (non-hydrogen) atoms. The standard InChI is InChI=1S/C13H19NO2/c1-3-5-11-6-8-12(9-7-11)14-13(15)10-16-4-2/h6-9H,3-5,10H2,1-2H3,(H,14,15). The van der Waals surface area contributed by atoms with Crippen LogP contribution in [0.15, 0.2) is 24.3 Å². The van der Waals surface area contributed by atoms with Gasteiger partial charge in [-0.1, -0.05) is 25.5 Å². The van der Waals surface area contributed by atoms with Crippen molar-refractivity contribution in [3.05, 3.63) is 29.8 Å². The minimum Gasteiger partial charge on any atom is -0.372 e. The molecule has 1 aromatic rings. The zero-order valence-electron chi connectivity index (χ0n) is 9.95. The Morgan fingerprint density at radius 2 is 1.94 bits per heavy atom. The van der Waals surface area contributed by atoms with Crippen LogP contribution in [0.3, 0.4) is 0 Å². The number of carbonyl (C=O) groups excluding carboxylic acids is 1. The number of aryl methyl sites for hydroxylation is 1. The third kappa shape index (κ3) is 4.45. The van der Waals surface area contributed by atoms with Crippen LogP contribution in [0.2, 0.25) is 0 Å². The molecule has 88 valence electrons. The number of amides is 1. The highest BCUT2D eigenvalue weighted by atomic mass is 16.5. The molecule has 0 aliphatic rings. The Balaban J connectivity index is 2.45. The van der Waals surface area contributed by atoms with Crippen molar-refractivity contribution in [2.75, 3.05) is 18.5 Å². The first-order valence-electron chi connectivity index (χ1n) is 5.72. The van der Waals surface area contributed by atoms with Gasteiger partial charge in [0.25, 0.3) is 0 Å². The van der Waals surface area contributed by atoms with Gasteiger partial charge in [-0.05, 0) is 31.0 Å². The van der Waals surface area contributed by atoms with Crippen molar-refractivity contribution in [2.45, 2.75) is 26.7 Å². The Hall–Kier alpha value is -1.35. The molecule has 0 atom stereocenters. The third-order valence-electron chi connectivity index (χ3n) is 2.21. The minimum atomic E-state index is -0.106. The van der Waals surface area contributed by atoms with Gasteiger partial charge in [0, 0.05) is 12.3 Å². The maximum atomic E-state index is 11.3. The second-order valence-electron chi connectivity index (χ2n) is 3.63. The average Bonchev–Trinajstić information content (AvgIpc) is 2.29. The summed E-state index contributed by atoms with van der Waals surface area (Å²) in [5, 5.41) is 2.78. The lowest BCUT2D eigenvalue weighted by atomic mass is 10.1. The Kier molecular flexibility index (Phi) is 5.57. The van der Waals surface area contributed by atoms with Crippen LogP contribution in [0.25, 0.3) is 0 Å². The maximum absolute atomic E-state index is 11.3. The van der Waals surface area contributed by atoms with Gasteiger partial charge >= 0.3 is 0 Å². The summed E-state index contributed by atoms with van der Waals surface area (Å²) in [6, 6.07) is 7.93. The lowest BCUT2D eigenvalue weighted by Gasteiger charge is -2.06. The van der Waals surface area contributed by atoms with E-state index in [1.165, 1.54) is 5.56 Å². The van der Waals surface area contributed by atoms with Crippen LogP contribution in [0, 0.1) is 0 Å². The van der Waals surface area contributed by atoms with Gasteiger partial charge in [0.2, 0.25) is 5.91 Å². The van der Waals surface area contributed by atoms with Crippen LogP contribution in [0.1, 0.15) is 25.8 Å². The van der Waals surface area contributed by atoms with Gasteiger partial charge in [-0.2, -0.15) is 0 Å². The van der Waals surface area contributed by atoms with Crippen LogP contribution in [-0.4, -0.2) is 19.1 Å². The molecule has 0 aliphatic heterocycles. The van der Waals surface area contributed by atoms with Gasteiger partial charge in [0.15, 0.2) is 0 Å². The Morgan fingerprint density at radius 3 is 2.50 bits per heavy atom. The number of nitrogens with one attached hydrogen (secondary N) is 1. The highest BCUT2D eigenvalue weighted by Crippen LogP contribution is 2.10. The Morgan fingerprint density at radius 1 is 1.25 bits per heavy atom. The van der Waals surface area contributed by atoms with Gasteiger partial charge in [-0.15, -0.1) is 0 Å². The largest absolute Gasteiger partial charge is 0.372 e. The van der Waals surface area contributed by atoms with E-state index in [0.29, 0.717) is 6.61 Å². The summed E-state index contributed by atoms with van der Waals surface area (Å²) in [5.74, 6) is -0.106. The molecule has 1 aromatic carbocycles. The molecule has 3 heteroatoms. The van der Waals surface area contributed by atoms with E-state index in [9.17, 15) is 4.79 Å². The van der Waals surface area contributed by atoms with Crippen molar-refractivity contribution >= 4 is 11.6 Å². The summed E-state index contributed by atoms with van der Waals surface area (Å²) in [4.78, 5) is 11.3. The molecule has 3 nitrogen and oxygen atoms in total. The van der Waals surface area contributed by atoms with Crippen molar-refractivity contribution in [3.8, 4) is 0 Å². The summed E-state index contributed by atoms with van der Waals surface area (Å²) in [6.07, 6.45) is 2.21. The van der Waals surface area contributed by atoms with Crippen molar-refractivity contribution in [1.82, 2.24) is 0 Å². The topological polar surface area (TPSA) is 38.3 Å². The quantitative estimate of drug-likeness (QED) is 0.802. The van der Waals surface area contributed by atoms with Gasteiger partial charge in [0.05, 0.1) is 0 Å². The number of anilines is 1. The predicted molar refractivity (Wildman–Crippen MR) is 65.6 cm³/mol.